The molecule has 0 amide bonds. The number of hydrogen-bond donors (Lipinski definition) is 1. The van der Waals surface area contributed by atoms with E-state index in [1.165, 1.54) is 50.7 Å². The summed E-state index contributed by atoms with van der Waals surface area (Å²) in [5.41, 5.74) is 5.34. The molecule has 2 fully saturated rings. The van der Waals surface area contributed by atoms with Crippen LogP contribution in [0.25, 0.3) is 0 Å². The Morgan fingerprint density at radius 3 is 2.46 bits per heavy atom. The lowest BCUT2D eigenvalue weighted by atomic mass is 9.85. The van der Waals surface area contributed by atoms with Crippen molar-refractivity contribution in [3.63, 3.8) is 0 Å². The highest BCUT2D eigenvalue weighted by atomic mass is 15.3. The third-order valence-electron chi connectivity index (χ3n) is 3.44. The molecule has 0 aliphatic heterocycles. The number of nitrogens with one attached hydrogen (secondary N) is 1. The zero-order chi connectivity index (χ0) is 9.15. The fourth-order valence-electron chi connectivity index (χ4n) is 2.14. The van der Waals surface area contributed by atoms with Gasteiger partial charge in [0.2, 0.25) is 0 Å². The first kappa shape index (κ1) is 9.04. The van der Waals surface area contributed by atoms with Crippen LogP contribution in [0.5, 0.6) is 0 Å². The molecule has 1 N–H and O–H groups in total. The molecule has 2 heteroatoms. The van der Waals surface area contributed by atoms with Crippen molar-refractivity contribution in [1.82, 2.24) is 5.43 Å². The van der Waals surface area contributed by atoms with Crippen LogP contribution in [0.1, 0.15) is 51.9 Å². The average Bonchev–Trinajstić information content (AvgIpc) is 2.90. The van der Waals surface area contributed by atoms with E-state index in [4.69, 9.17) is 0 Å². The SMILES string of the molecule is CCCNN=C1CCC2(CC1)CC2. The molecule has 74 valence electrons. The van der Waals surface area contributed by atoms with Crippen LogP contribution >= 0.6 is 0 Å². The molecule has 2 aliphatic carbocycles. The zero-order valence-corrected chi connectivity index (χ0v) is 8.60. The minimum atomic E-state index is 0.795. The van der Waals surface area contributed by atoms with Gasteiger partial charge in [-0.05, 0) is 50.4 Å². The first-order valence-electron chi connectivity index (χ1n) is 5.63. The Kier molecular flexibility index (Phi) is 2.56. The first-order chi connectivity index (χ1) is 6.35. The summed E-state index contributed by atoms with van der Waals surface area (Å²) in [6.07, 6.45) is 9.44. The molecule has 2 aliphatic rings. The van der Waals surface area contributed by atoms with Gasteiger partial charge in [0.05, 0.1) is 0 Å². The van der Waals surface area contributed by atoms with E-state index in [-0.39, 0.29) is 0 Å². The second-order valence-corrected chi connectivity index (χ2v) is 4.59. The fourth-order valence-corrected chi connectivity index (χ4v) is 2.14. The van der Waals surface area contributed by atoms with Crippen LogP contribution in [0.2, 0.25) is 0 Å². The summed E-state index contributed by atoms with van der Waals surface area (Å²) < 4.78 is 0. The van der Waals surface area contributed by atoms with E-state index >= 15 is 0 Å². The van der Waals surface area contributed by atoms with Gasteiger partial charge in [0, 0.05) is 12.3 Å². The van der Waals surface area contributed by atoms with Crippen molar-refractivity contribution in [3.05, 3.63) is 0 Å². The van der Waals surface area contributed by atoms with Gasteiger partial charge in [-0.1, -0.05) is 6.92 Å². The molecule has 0 heterocycles. The van der Waals surface area contributed by atoms with E-state index in [2.05, 4.69) is 17.5 Å². The molecule has 0 aromatic carbocycles. The van der Waals surface area contributed by atoms with E-state index < -0.39 is 0 Å². The van der Waals surface area contributed by atoms with Crippen molar-refractivity contribution in [2.45, 2.75) is 51.9 Å². The molecule has 0 unspecified atom stereocenters. The Morgan fingerprint density at radius 2 is 1.92 bits per heavy atom. The van der Waals surface area contributed by atoms with E-state index in [9.17, 15) is 0 Å². The Balaban J connectivity index is 1.73. The number of rotatable bonds is 3. The third-order valence-corrected chi connectivity index (χ3v) is 3.44. The Bertz CT molecular complexity index is 192. The van der Waals surface area contributed by atoms with Crippen LogP contribution in [-0.4, -0.2) is 12.3 Å². The van der Waals surface area contributed by atoms with Crippen LogP contribution < -0.4 is 5.43 Å². The summed E-state index contributed by atoms with van der Waals surface area (Å²) in [6, 6.07) is 0. The number of hydrazone groups is 1. The lowest BCUT2D eigenvalue weighted by molar-refractivity contribution is 0.418. The molecule has 1 spiro atoms. The molecule has 0 radical (unpaired) electrons. The largest absolute Gasteiger partial charge is 0.310 e. The van der Waals surface area contributed by atoms with Gasteiger partial charge in [0.15, 0.2) is 0 Å². The highest BCUT2D eigenvalue weighted by molar-refractivity contribution is 5.85. The van der Waals surface area contributed by atoms with Crippen molar-refractivity contribution in [1.29, 1.82) is 0 Å². The third kappa shape index (κ3) is 2.23. The van der Waals surface area contributed by atoms with Crippen molar-refractivity contribution in [2.24, 2.45) is 10.5 Å². The summed E-state index contributed by atoms with van der Waals surface area (Å²) >= 11 is 0. The van der Waals surface area contributed by atoms with Gasteiger partial charge in [-0.25, -0.2) is 0 Å². The summed E-state index contributed by atoms with van der Waals surface area (Å²) in [6.45, 7) is 3.20. The van der Waals surface area contributed by atoms with Crippen molar-refractivity contribution < 1.29 is 0 Å². The lowest BCUT2D eigenvalue weighted by Crippen LogP contribution is -2.18. The van der Waals surface area contributed by atoms with Gasteiger partial charge in [0.25, 0.3) is 0 Å². The molecular formula is C11H20N2. The van der Waals surface area contributed by atoms with E-state index in [0.717, 1.165) is 12.0 Å². The maximum atomic E-state index is 4.43. The van der Waals surface area contributed by atoms with Gasteiger partial charge < -0.3 is 5.43 Å². The zero-order valence-electron chi connectivity index (χ0n) is 8.60. The maximum Gasteiger partial charge on any atom is 0.0378 e. The molecule has 2 saturated carbocycles. The first-order valence-corrected chi connectivity index (χ1v) is 5.63. The summed E-state index contributed by atoms with van der Waals surface area (Å²) in [4.78, 5) is 0. The average molecular weight is 180 g/mol. The molecule has 0 bridgehead atoms. The highest BCUT2D eigenvalue weighted by Gasteiger charge is 2.43. The van der Waals surface area contributed by atoms with Gasteiger partial charge >= 0.3 is 0 Å². The molecule has 13 heavy (non-hydrogen) atoms. The van der Waals surface area contributed by atoms with Crippen LogP contribution in [0.3, 0.4) is 0 Å². The quantitative estimate of drug-likeness (QED) is 0.524. The normalized spacial score (nSPS) is 24.5. The lowest BCUT2D eigenvalue weighted by Gasteiger charge is -2.21. The van der Waals surface area contributed by atoms with Crippen LogP contribution in [0.15, 0.2) is 5.10 Å². The Labute approximate surface area is 80.8 Å². The minimum Gasteiger partial charge on any atom is -0.310 e. The van der Waals surface area contributed by atoms with Crippen molar-refractivity contribution >= 4 is 5.71 Å². The molecule has 0 aromatic heterocycles. The van der Waals surface area contributed by atoms with Gasteiger partial charge in [0.1, 0.15) is 0 Å². The monoisotopic (exact) mass is 180 g/mol. The minimum absolute atomic E-state index is 0.795. The van der Waals surface area contributed by atoms with Gasteiger partial charge in [-0.2, -0.15) is 5.10 Å². The maximum absolute atomic E-state index is 4.43. The van der Waals surface area contributed by atoms with Crippen molar-refractivity contribution in [3.8, 4) is 0 Å². The molecule has 2 nitrogen and oxygen atoms in total. The second-order valence-electron chi connectivity index (χ2n) is 4.59. The molecule has 0 atom stereocenters. The van der Waals surface area contributed by atoms with Crippen LogP contribution in [0.4, 0.5) is 0 Å². The number of hydrogen-bond acceptors (Lipinski definition) is 2. The Hall–Kier alpha value is -0.530. The van der Waals surface area contributed by atoms with Crippen molar-refractivity contribution in [2.75, 3.05) is 6.54 Å². The molecular weight excluding hydrogens is 160 g/mol. The van der Waals surface area contributed by atoms with Crippen LogP contribution in [-0.2, 0) is 0 Å². The summed E-state index contributed by atoms with van der Waals surface area (Å²) in [5, 5.41) is 4.43. The predicted octanol–water partition coefficient (Wildman–Crippen LogP) is 2.70. The second kappa shape index (κ2) is 3.69. The van der Waals surface area contributed by atoms with Gasteiger partial charge in [-0.15, -0.1) is 0 Å². The summed E-state index contributed by atoms with van der Waals surface area (Å²) in [5.74, 6) is 0. The molecule has 0 saturated heterocycles. The predicted molar refractivity (Wildman–Crippen MR) is 55.9 cm³/mol. The van der Waals surface area contributed by atoms with E-state index in [1.807, 2.05) is 0 Å². The van der Waals surface area contributed by atoms with Gasteiger partial charge in [-0.3, -0.25) is 0 Å². The van der Waals surface area contributed by atoms with E-state index in [0.29, 0.717) is 0 Å². The van der Waals surface area contributed by atoms with Crippen LogP contribution in [0, 0.1) is 5.41 Å². The summed E-state index contributed by atoms with van der Waals surface area (Å²) in [7, 11) is 0. The van der Waals surface area contributed by atoms with E-state index in [1.54, 1.807) is 0 Å². The topological polar surface area (TPSA) is 24.4 Å². The highest BCUT2D eigenvalue weighted by Crippen LogP contribution is 2.55. The Morgan fingerprint density at radius 1 is 1.23 bits per heavy atom. The smallest absolute Gasteiger partial charge is 0.0378 e. The molecule has 0 aromatic rings. The molecule has 2 rings (SSSR count). The standard InChI is InChI=1S/C11H20N2/c1-2-9-12-13-10-3-5-11(6-4-10)7-8-11/h12H,2-9H2,1H3. The fraction of sp³-hybridized carbons (Fsp3) is 0.909. The number of nitrogens with zero attached hydrogens (tertiary/aromatic N) is 1.